The summed E-state index contributed by atoms with van der Waals surface area (Å²) >= 11 is -0.445. The summed E-state index contributed by atoms with van der Waals surface area (Å²) in [5.41, 5.74) is 10.7. The van der Waals surface area contributed by atoms with Crippen LogP contribution in [-0.4, -0.2) is 0 Å². The molecule has 2 unspecified atom stereocenters. The van der Waals surface area contributed by atoms with E-state index in [-0.39, 0.29) is 24.8 Å². The first-order chi connectivity index (χ1) is 10.2. The van der Waals surface area contributed by atoms with Gasteiger partial charge in [-0.15, -0.1) is 0 Å². The molecule has 0 radical (unpaired) electrons. The Morgan fingerprint density at radius 3 is 1.52 bits per heavy atom. The molecule has 4 rings (SSSR count). The van der Waals surface area contributed by atoms with Gasteiger partial charge in [0.1, 0.15) is 0 Å². The molecule has 0 aromatic rings. The van der Waals surface area contributed by atoms with Gasteiger partial charge in [-0.25, -0.2) is 0 Å². The molecule has 0 saturated carbocycles. The molecular formula is C20H26Cl2Zr. The van der Waals surface area contributed by atoms with E-state index in [0.717, 1.165) is 7.25 Å². The maximum Gasteiger partial charge on any atom is -1.00 e. The first-order valence-corrected chi connectivity index (χ1v) is 11.6. The minimum Gasteiger partial charge on any atom is -1.00 e. The van der Waals surface area contributed by atoms with Gasteiger partial charge in [0.05, 0.1) is 0 Å². The van der Waals surface area contributed by atoms with Crippen LogP contribution in [-0.2, 0) is 23.2 Å². The Labute approximate surface area is 165 Å². The molecule has 0 nitrogen and oxygen atoms in total. The van der Waals surface area contributed by atoms with Crippen LogP contribution in [0.2, 0.25) is 7.25 Å². The van der Waals surface area contributed by atoms with Crippen LogP contribution in [0, 0.1) is 0 Å². The number of hydrogen-bond donors (Lipinski definition) is 0. The Kier molecular flexibility index (Phi) is 7.04. The molecule has 0 aromatic heterocycles. The zero-order valence-electron chi connectivity index (χ0n) is 14.2. The Bertz CT molecular complexity index is 543. The summed E-state index contributed by atoms with van der Waals surface area (Å²) in [7, 11) is 0. The van der Waals surface area contributed by atoms with Crippen molar-refractivity contribution in [2.45, 2.75) is 72.5 Å². The zero-order chi connectivity index (χ0) is 14.4. The second kappa shape index (κ2) is 8.20. The fourth-order valence-electron chi connectivity index (χ4n) is 4.79. The number of hydrogen-bond acceptors (Lipinski definition) is 0. The fourth-order valence-corrected chi connectivity index (χ4v) is 9.92. The van der Waals surface area contributed by atoms with Gasteiger partial charge in [0.15, 0.2) is 0 Å². The van der Waals surface area contributed by atoms with Crippen LogP contribution in [0.15, 0.2) is 45.6 Å². The number of halogens is 2. The van der Waals surface area contributed by atoms with E-state index >= 15 is 0 Å². The van der Waals surface area contributed by atoms with Gasteiger partial charge in [-0.1, -0.05) is 0 Å². The standard InChI is InChI=1S/2C10H13.2ClH.Zr/c2*1-8-6-9-4-2-3-5-10(9)7-8;;;/h2*6-7H,2-5H2,1H3;2*1H;/q;;;;+2/p-2. The quantitative estimate of drug-likeness (QED) is 0.594. The maximum absolute atomic E-state index is 2.57. The summed E-state index contributed by atoms with van der Waals surface area (Å²) in [6.45, 7) is 4.85. The minimum absolute atomic E-state index is 0. The van der Waals surface area contributed by atoms with E-state index in [1.165, 1.54) is 51.4 Å². The first-order valence-electron chi connectivity index (χ1n) is 8.80. The second-order valence-corrected chi connectivity index (χ2v) is 11.0. The normalized spacial score (nSPS) is 29.0. The van der Waals surface area contributed by atoms with Crippen LogP contribution in [0.3, 0.4) is 0 Å². The molecule has 4 aliphatic rings. The third-order valence-corrected chi connectivity index (χ3v) is 11.4. The van der Waals surface area contributed by atoms with Crippen molar-refractivity contribution in [3.05, 3.63) is 45.6 Å². The van der Waals surface area contributed by atoms with Crippen LogP contribution in [0.4, 0.5) is 0 Å². The van der Waals surface area contributed by atoms with Crippen molar-refractivity contribution in [1.82, 2.24) is 0 Å². The van der Waals surface area contributed by atoms with Gasteiger partial charge in [0, 0.05) is 0 Å². The van der Waals surface area contributed by atoms with Gasteiger partial charge in [0.25, 0.3) is 0 Å². The van der Waals surface area contributed by atoms with Crippen LogP contribution in [0.5, 0.6) is 0 Å². The summed E-state index contributed by atoms with van der Waals surface area (Å²) in [6, 6.07) is 0. The van der Waals surface area contributed by atoms with Crippen LogP contribution >= 0.6 is 0 Å². The summed E-state index contributed by atoms with van der Waals surface area (Å²) in [5, 5.41) is 0. The molecule has 0 aliphatic heterocycles. The van der Waals surface area contributed by atoms with Gasteiger partial charge in [0.2, 0.25) is 0 Å². The summed E-state index contributed by atoms with van der Waals surface area (Å²) in [5.74, 6) is 0. The maximum atomic E-state index is 2.57. The van der Waals surface area contributed by atoms with Gasteiger partial charge >= 0.3 is 141 Å². The fraction of sp³-hybridized carbons (Fsp3) is 0.600. The van der Waals surface area contributed by atoms with Crippen molar-refractivity contribution >= 4 is 0 Å². The minimum atomic E-state index is -0.445. The Morgan fingerprint density at radius 1 is 0.696 bits per heavy atom. The van der Waals surface area contributed by atoms with Crippen molar-refractivity contribution in [2.75, 3.05) is 0 Å². The SMILES string of the molecule is CC1=CC2=C(CCCC2)[CH]1[Zr+2][CH]1C(C)=CC2=C1CCCC2.[Cl-].[Cl-]. The van der Waals surface area contributed by atoms with E-state index in [1.807, 2.05) is 11.1 Å². The molecule has 4 aliphatic carbocycles. The average Bonchev–Trinajstić information content (AvgIpc) is 2.97. The van der Waals surface area contributed by atoms with E-state index in [0.29, 0.717) is 0 Å². The van der Waals surface area contributed by atoms with E-state index in [9.17, 15) is 0 Å². The molecule has 124 valence electrons. The molecule has 23 heavy (non-hydrogen) atoms. The van der Waals surface area contributed by atoms with Crippen molar-refractivity contribution < 1.29 is 48.0 Å². The molecule has 2 atom stereocenters. The van der Waals surface area contributed by atoms with Gasteiger partial charge in [-0.3, -0.25) is 0 Å². The van der Waals surface area contributed by atoms with Gasteiger partial charge in [-0.05, 0) is 0 Å². The molecule has 0 aromatic carbocycles. The third-order valence-electron chi connectivity index (χ3n) is 5.85. The van der Waals surface area contributed by atoms with Crippen LogP contribution in [0.25, 0.3) is 0 Å². The molecule has 0 N–H and O–H groups in total. The second-order valence-electron chi connectivity index (χ2n) is 7.32. The van der Waals surface area contributed by atoms with Crippen molar-refractivity contribution in [1.29, 1.82) is 0 Å². The van der Waals surface area contributed by atoms with Crippen molar-refractivity contribution in [3.63, 3.8) is 0 Å². The average molecular weight is 429 g/mol. The molecular weight excluding hydrogens is 402 g/mol. The molecule has 0 heterocycles. The van der Waals surface area contributed by atoms with Gasteiger partial charge in [-0.2, -0.15) is 0 Å². The largest absolute Gasteiger partial charge is 1.00 e. The predicted octanol–water partition coefficient (Wildman–Crippen LogP) is 0.315. The first kappa shape index (κ1) is 19.7. The van der Waals surface area contributed by atoms with E-state index in [2.05, 4.69) is 26.0 Å². The number of rotatable bonds is 2. The number of allylic oxidation sites excluding steroid dienone is 8. The van der Waals surface area contributed by atoms with E-state index in [4.69, 9.17) is 0 Å². The summed E-state index contributed by atoms with van der Waals surface area (Å²) in [6.07, 6.45) is 16.5. The molecule has 0 bridgehead atoms. The van der Waals surface area contributed by atoms with Crippen molar-refractivity contribution in [2.24, 2.45) is 0 Å². The summed E-state index contributed by atoms with van der Waals surface area (Å²) in [4.78, 5) is 0. The van der Waals surface area contributed by atoms with Crippen molar-refractivity contribution in [3.8, 4) is 0 Å². The Morgan fingerprint density at radius 2 is 1.09 bits per heavy atom. The molecule has 3 heteroatoms. The summed E-state index contributed by atoms with van der Waals surface area (Å²) < 4.78 is 1.87. The zero-order valence-corrected chi connectivity index (χ0v) is 18.2. The van der Waals surface area contributed by atoms with E-state index in [1.54, 1.807) is 22.3 Å². The monoisotopic (exact) mass is 426 g/mol. The molecule has 0 fully saturated rings. The Balaban J connectivity index is 0.000000960. The molecule has 0 spiro atoms. The predicted molar refractivity (Wildman–Crippen MR) is 86.0 cm³/mol. The van der Waals surface area contributed by atoms with Gasteiger partial charge < -0.3 is 24.8 Å². The smallest absolute Gasteiger partial charge is 1.00 e. The Hall–Kier alpha value is 0.423. The molecule has 0 amide bonds. The third kappa shape index (κ3) is 3.68. The van der Waals surface area contributed by atoms with E-state index < -0.39 is 23.2 Å². The molecule has 0 saturated heterocycles. The topological polar surface area (TPSA) is 0 Å². The van der Waals surface area contributed by atoms with Crippen LogP contribution in [0.1, 0.15) is 65.2 Å². The van der Waals surface area contributed by atoms with Crippen LogP contribution < -0.4 is 24.8 Å².